The maximum atomic E-state index is 12.1. The van der Waals surface area contributed by atoms with Crippen molar-refractivity contribution >= 4 is 11.4 Å². The molecular formula is C18H17N3O2. The van der Waals surface area contributed by atoms with Crippen molar-refractivity contribution in [3.8, 4) is 11.1 Å². The third kappa shape index (κ3) is 2.33. The molecule has 0 amide bonds. The Morgan fingerprint density at radius 1 is 1.22 bits per heavy atom. The summed E-state index contributed by atoms with van der Waals surface area (Å²) in [7, 11) is 1.65. The van der Waals surface area contributed by atoms with E-state index < -0.39 is 0 Å². The summed E-state index contributed by atoms with van der Waals surface area (Å²) in [5.41, 5.74) is 5.25. The van der Waals surface area contributed by atoms with Gasteiger partial charge in [-0.2, -0.15) is 5.10 Å². The van der Waals surface area contributed by atoms with E-state index in [0.29, 0.717) is 18.6 Å². The molecule has 0 saturated heterocycles. The number of carbonyl (C=O) groups is 1. The molecule has 3 aromatic rings. The van der Waals surface area contributed by atoms with Crippen LogP contribution in [0.5, 0.6) is 0 Å². The lowest BCUT2D eigenvalue weighted by Crippen LogP contribution is -2.14. The quantitative estimate of drug-likeness (QED) is 0.746. The summed E-state index contributed by atoms with van der Waals surface area (Å²) in [5.74, 6) is 0.158. The van der Waals surface area contributed by atoms with Crippen LogP contribution in [0.2, 0.25) is 0 Å². The predicted octanol–water partition coefficient (Wildman–Crippen LogP) is 3.06. The van der Waals surface area contributed by atoms with Gasteiger partial charge in [0.15, 0.2) is 11.4 Å². The minimum Gasteiger partial charge on any atom is -0.378 e. The second-order valence-electron chi connectivity index (χ2n) is 5.77. The van der Waals surface area contributed by atoms with Crippen molar-refractivity contribution in [2.45, 2.75) is 25.9 Å². The predicted molar refractivity (Wildman–Crippen MR) is 86.4 cm³/mol. The summed E-state index contributed by atoms with van der Waals surface area (Å²) in [5, 5.41) is 4.60. The number of aromatic nitrogens is 3. The Morgan fingerprint density at radius 2 is 2.04 bits per heavy atom. The lowest BCUT2D eigenvalue weighted by atomic mass is 9.96. The third-order valence-electron chi connectivity index (χ3n) is 4.22. The summed E-state index contributed by atoms with van der Waals surface area (Å²) >= 11 is 0. The number of rotatable bonds is 3. The van der Waals surface area contributed by atoms with Gasteiger partial charge in [-0.05, 0) is 18.4 Å². The lowest BCUT2D eigenvalue weighted by molar-refractivity contribution is 0.0971. The first-order valence-electron chi connectivity index (χ1n) is 7.76. The largest absolute Gasteiger partial charge is 0.378 e. The van der Waals surface area contributed by atoms with E-state index in [0.717, 1.165) is 41.0 Å². The zero-order valence-electron chi connectivity index (χ0n) is 13.0. The number of benzene rings is 1. The molecule has 0 fully saturated rings. The van der Waals surface area contributed by atoms with Crippen molar-refractivity contribution in [2.24, 2.45) is 0 Å². The van der Waals surface area contributed by atoms with Crippen LogP contribution in [0.4, 0.5) is 0 Å². The Kier molecular flexibility index (Phi) is 3.42. The van der Waals surface area contributed by atoms with E-state index in [4.69, 9.17) is 9.72 Å². The molecule has 4 rings (SSSR count). The van der Waals surface area contributed by atoms with Gasteiger partial charge >= 0.3 is 0 Å². The first kappa shape index (κ1) is 14.1. The highest BCUT2D eigenvalue weighted by molar-refractivity contribution is 5.98. The molecule has 5 heteroatoms. The van der Waals surface area contributed by atoms with Gasteiger partial charge in [0.1, 0.15) is 0 Å². The van der Waals surface area contributed by atoms with Crippen molar-refractivity contribution in [1.29, 1.82) is 0 Å². The van der Waals surface area contributed by atoms with Gasteiger partial charge in [-0.25, -0.2) is 9.50 Å². The number of aryl methyl sites for hydroxylation is 1. The van der Waals surface area contributed by atoms with E-state index in [1.165, 1.54) is 0 Å². The van der Waals surface area contributed by atoms with Crippen molar-refractivity contribution < 1.29 is 9.53 Å². The van der Waals surface area contributed by atoms with Crippen molar-refractivity contribution in [2.75, 3.05) is 7.11 Å². The molecule has 0 radical (unpaired) electrons. The molecule has 2 aromatic heterocycles. The number of carbonyl (C=O) groups excluding carboxylic acids is 1. The molecule has 0 atom stereocenters. The number of Topliss-reactive ketones (excluding diaryl/α,β-unsaturated/α-hetero) is 1. The zero-order chi connectivity index (χ0) is 15.8. The summed E-state index contributed by atoms with van der Waals surface area (Å²) in [6.45, 7) is 0.409. The maximum absolute atomic E-state index is 12.1. The zero-order valence-corrected chi connectivity index (χ0v) is 13.0. The van der Waals surface area contributed by atoms with Crippen LogP contribution in [0.3, 0.4) is 0 Å². The van der Waals surface area contributed by atoms with E-state index in [1.807, 2.05) is 36.5 Å². The highest BCUT2D eigenvalue weighted by atomic mass is 16.5. The molecule has 5 nitrogen and oxygen atoms in total. The fraction of sp³-hybridized carbons (Fsp3) is 0.278. The van der Waals surface area contributed by atoms with Crippen LogP contribution in [0.1, 0.15) is 34.6 Å². The smallest absolute Gasteiger partial charge is 0.166 e. The van der Waals surface area contributed by atoms with E-state index in [9.17, 15) is 4.79 Å². The highest BCUT2D eigenvalue weighted by Crippen LogP contribution is 2.30. The first-order valence-corrected chi connectivity index (χ1v) is 7.76. The molecule has 0 saturated carbocycles. The number of nitrogens with zero attached hydrogens (tertiary/aromatic N) is 3. The second-order valence-corrected chi connectivity index (χ2v) is 5.77. The summed E-state index contributed by atoms with van der Waals surface area (Å²) in [6.07, 6.45) is 4.13. The molecule has 1 aromatic carbocycles. The van der Waals surface area contributed by atoms with Gasteiger partial charge in [-0.3, -0.25) is 4.79 Å². The second kappa shape index (κ2) is 5.59. The van der Waals surface area contributed by atoms with Gasteiger partial charge < -0.3 is 4.74 Å². The minimum absolute atomic E-state index is 0.158. The fourth-order valence-corrected chi connectivity index (χ4v) is 3.17. The maximum Gasteiger partial charge on any atom is 0.166 e. The summed E-state index contributed by atoms with van der Waals surface area (Å²) < 4.78 is 7.02. The molecule has 116 valence electrons. The van der Waals surface area contributed by atoms with Crippen molar-refractivity contribution in [3.63, 3.8) is 0 Å². The molecule has 0 spiro atoms. The monoisotopic (exact) mass is 307 g/mol. The molecule has 0 aliphatic heterocycles. The van der Waals surface area contributed by atoms with Crippen molar-refractivity contribution in [1.82, 2.24) is 14.6 Å². The van der Waals surface area contributed by atoms with Crippen LogP contribution >= 0.6 is 0 Å². The Balaban J connectivity index is 1.99. The molecular weight excluding hydrogens is 290 g/mol. The Morgan fingerprint density at radius 3 is 2.83 bits per heavy atom. The third-order valence-corrected chi connectivity index (χ3v) is 4.22. The van der Waals surface area contributed by atoms with Crippen molar-refractivity contribution in [3.05, 3.63) is 53.5 Å². The fourth-order valence-electron chi connectivity index (χ4n) is 3.17. The minimum atomic E-state index is 0.158. The first-order chi connectivity index (χ1) is 11.3. The lowest BCUT2D eigenvalue weighted by Gasteiger charge is -2.13. The molecule has 0 bridgehead atoms. The molecule has 1 aliphatic rings. The van der Waals surface area contributed by atoms with E-state index in [-0.39, 0.29) is 5.78 Å². The molecule has 23 heavy (non-hydrogen) atoms. The Labute approximate surface area is 133 Å². The number of hydrogen-bond donors (Lipinski definition) is 0. The summed E-state index contributed by atoms with van der Waals surface area (Å²) in [6, 6.07) is 10.1. The SMILES string of the molecule is COCc1nn2cc3c(nc2c1-c1ccccc1)CCCC3=O. The number of ether oxygens (including phenoxy) is 1. The van der Waals surface area contributed by atoms with Gasteiger partial charge in [0.05, 0.1) is 29.1 Å². The molecule has 2 heterocycles. The van der Waals surface area contributed by atoms with E-state index in [1.54, 1.807) is 11.6 Å². The molecule has 1 aliphatic carbocycles. The van der Waals surface area contributed by atoms with E-state index >= 15 is 0 Å². The Bertz CT molecular complexity index is 884. The summed E-state index contributed by atoms with van der Waals surface area (Å²) in [4.78, 5) is 16.9. The van der Waals surface area contributed by atoms with Gasteiger partial charge in [-0.1, -0.05) is 30.3 Å². The van der Waals surface area contributed by atoms with Gasteiger partial charge in [-0.15, -0.1) is 0 Å². The van der Waals surface area contributed by atoms with Gasteiger partial charge in [0.25, 0.3) is 0 Å². The molecule has 0 unspecified atom stereocenters. The number of ketones is 1. The number of fused-ring (bicyclic) bond motifs is 2. The molecule has 0 N–H and O–H groups in total. The van der Waals surface area contributed by atoms with Gasteiger partial charge in [0, 0.05) is 19.7 Å². The highest BCUT2D eigenvalue weighted by Gasteiger charge is 2.23. The normalized spacial score (nSPS) is 14.2. The van der Waals surface area contributed by atoms with Crippen LogP contribution < -0.4 is 0 Å². The topological polar surface area (TPSA) is 56.5 Å². The Hall–Kier alpha value is -2.53. The number of methoxy groups -OCH3 is 1. The van der Waals surface area contributed by atoms with Gasteiger partial charge in [0.2, 0.25) is 0 Å². The van der Waals surface area contributed by atoms with Crippen LogP contribution in [-0.2, 0) is 17.8 Å². The standard InChI is InChI=1S/C18H17N3O2/c1-23-11-15-17(12-6-3-2-4-7-12)18-19-14-8-5-9-16(22)13(14)10-21(18)20-15/h2-4,6-7,10H,5,8-9,11H2,1H3. The average molecular weight is 307 g/mol. The van der Waals surface area contributed by atoms with Crippen LogP contribution in [0, 0.1) is 0 Å². The van der Waals surface area contributed by atoms with Crippen LogP contribution in [0.25, 0.3) is 16.8 Å². The number of hydrogen-bond acceptors (Lipinski definition) is 4. The van der Waals surface area contributed by atoms with E-state index in [2.05, 4.69) is 5.10 Å². The van der Waals surface area contributed by atoms with Crippen LogP contribution in [0.15, 0.2) is 36.5 Å². The van der Waals surface area contributed by atoms with Crippen LogP contribution in [-0.4, -0.2) is 27.5 Å². The average Bonchev–Trinajstić information content (AvgIpc) is 2.92.